The highest BCUT2D eigenvalue weighted by atomic mass is 79.9. The van der Waals surface area contributed by atoms with Gasteiger partial charge in [-0.15, -0.1) is 17.0 Å². The number of nitrogens with zero attached hydrogens (tertiary/aromatic N) is 1. The van der Waals surface area contributed by atoms with E-state index in [9.17, 15) is 5.11 Å². The second-order valence-electron chi connectivity index (χ2n) is 8.09. The predicted molar refractivity (Wildman–Crippen MR) is 107 cm³/mol. The maximum Gasteiger partial charge on any atom is 0.165 e. The lowest BCUT2D eigenvalue weighted by Gasteiger charge is -2.30. The molecule has 2 aromatic rings. The molecule has 0 aliphatic carbocycles. The monoisotopic (exact) mass is 401 g/mol. The molecule has 0 amide bonds. The average molecular weight is 402 g/mol. The van der Waals surface area contributed by atoms with Crippen LogP contribution in [0.4, 0.5) is 0 Å². The summed E-state index contributed by atoms with van der Waals surface area (Å²) >= 11 is 0. The summed E-state index contributed by atoms with van der Waals surface area (Å²) in [6.07, 6.45) is 1.60. The first kappa shape index (κ1) is 18.0. The van der Waals surface area contributed by atoms with Crippen molar-refractivity contribution < 1.29 is 9.84 Å². The lowest BCUT2D eigenvalue weighted by atomic mass is 9.81. The molecule has 0 saturated carbocycles. The van der Waals surface area contributed by atoms with Crippen LogP contribution < -0.4 is 4.74 Å². The Morgan fingerprint density at radius 3 is 2.40 bits per heavy atom. The first-order valence-corrected chi connectivity index (χ1v) is 8.48. The van der Waals surface area contributed by atoms with Gasteiger partial charge in [-0.25, -0.2) is 0 Å². The van der Waals surface area contributed by atoms with E-state index in [2.05, 4.69) is 39.8 Å². The van der Waals surface area contributed by atoms with Crippen molar-refractivity contribution in [3.63, 3.8) is 0 Å². The van der Waals surface area contributed by atoms with E-state index < -0.39 is 0 Å². The standard InChI is InChI=1S/C21H23NO2.BrH/c1-20(2)11-14-10-16(23)19-15(12-21(3,4)24-19)17(14)18(22-20)13-8-6-5-7-9-13;/h5-10,23H,11-12H2,1-4H3;1H. The number of fused-ring (bicyclic) bond motifs is 3. The van der Waals surface area contributed by atoms with Crippen LogP contribution in [0.2, 0.25) is 0 Å². The van der Waals surface area contributed by atoms with Crippen LogP contribution in [0.15, 0.2) is 41.4 Å². The van der Waals surface area contributed by atoms with Gasteiger partial charge in [0.15, 0.2) is 11.5 Å². The number of hydrogen-bond acceptors (Lipinski definition) is 3. The first-order chi connectivity index (χ1) is 11.3. The van der Waals surface area contributed by atoms with Crippen molar-refractivity contribution in [3.8, 4) is 11.5 Å². The van der Waals surface area contributed by atoms with Crippen molar-refractivity contribution >= 4 is 22.7 Å². The molecule has 0 saturated heterocycles. The summed E-state index contributed by atoms with van der Waals surface area (Å²) in [5.41, 5.74) is 5.04. The van der Waals surface area contributed by atoms with Gasteiger partial charge in [0.25, 0.3) is 0 Å². The van der Waals surface area contributed by atoms with Crippen LogP contribution in [0.25, 0.3) is 0 Å². The zero-order valence-electron chi connectivity index (χ0n) is 15.1. The van der Waals surface area contributed by atoms with E-state index in [1.165, 1.54) is 0 Å². The second-order valence-corrected chi connectivity index (χ2v) is 8.09. The fraction of sp³-hybridized carbons (Fsp3) is 0.381. The Kier molecular flexibility index (Phi) is 4.23. The van der Waals surface area contributed by atoms with Gasteiger partial charge in [-0.1, -0.05) is 30.3 Å². The maximum atomic E-state index is 10.5. The van der Waals surface area contributed by atoms with Crippen molar-refractivity contribution in [2.45, 2.75) is 51.7 Å². The largest absolute Gasteiger partial charge is 0.504 e. The molecule has 4 rings (SSSR count). The molecule has 25 heavy (non-hydrogen) atoms. The Hall–Kier alpha value is -1.81. The Morgan fingerprint density at radius 1 is 1.04 bits per heavy atom. The van der Waals surface area contributed by atoms with Crippen LogP contribution in [0.3, 0.4) is 0 Å². The maximum absolute atomic E-state index is 10.5. The van der Waals surface area contributed by atoms with Gasteiger partial charge in [0.2, 0.25) is 0 Å². The van der Waals surface area contributed by atoms with E-state index in [1.54, 1.807) is 0 Å². The van der Waals surface area contributed by atoms with Crippen LogP contribution in [0, 0.1) is 0 Å². The average Bonchev–Trinajstić information content (AvgIpc) is 2.82. The molecule has 132 valence electrons. The van der Waals surface area contributed by atoms with Crippen LogP contribution in [0.1, 0.15) is 49.9 Å². The van der Waals surface area contributed by atoms with Gasteiger partial charge in [0.1, 0.15) is 5.60 Å². The minimum atomic E-state index is -0.302. The smallest absolute Gasteiger partial charge is 0.165 e. The van der Waals surface area contributed by atoms with Gasteiger partial charge in [0, 0.05) is 23.1 Å². The molecular formula is C21H24BrNO2. The summed E-state index contributed by atoms with van der Waals surface area (Å²) in [5, 5.41) is 10.5. The summed E-state index contributed by atoms with van der Waals surface area (Å²) in [4.78, 5) is 5.06. The third-order valence-corrected chi connectivity index (χ3v) is 4.74. The normalized spacial score (nSPS) is 19.1. The van der Waals surface area contributed by atoms with Gasteiger partial charge >= 0.3 is 0 Å². The Labute approximate surface area is 159 Å². The number of aromatic hydroxyl groups is 1. The predicted octanol–water partition coefficient (Wildman–Crippen LogP) is 4.86. The van der Waals surface area contributed by atoms with Crippen LogP contribution in [0.5, 0.6) is 11.5 Å². The van der Waals surface area contributed by atoms with Crippen molar-refractivity contribution in [2.75, 3.05) is 0 Å². The topological polar surface area (TPSA) is 41.8 Å². The summed E-state index contributed by atoms with van der Waals surface area (Å²) in [7, 11) is 0. The summed E-state index contributed by atoms with van der Waals surface area (Å²) in [6, 6.07) is 12.2. The first-order valence-electron chi connectivity index (χ1n) is 8.48. The molecule has 0 aromatic heterocycles. The summed E-state index contributed by atoms with van der Waals surface area (Å²) in [6.45, 7) is 8.41. The minimum absolute atomic E-state index is 0. The molecule has 1 N–H and O–H groups in total. The Balaban J connectivity index is 0.00000182. The fourth-order valence-electron chi connectivity index (χ4n) is 3.89. The molecule has 0 unspecified atom stereocenters. The van der Waals surface area contributed by atoms with E-state index in [0.717, 1.165) is 40.8 Å². The van der Waals surface area contributed by atoms with Crippen molar-refractivity contribution in [1.29, 1.82) is 0 Å². The number of hydrogen-bond donors (Lipinski definition) is 1. The van der Waals surface area contributed by atoms with Crippen LogP contribution in [-0.2, 0) is 12.8 Å². The van der Waals surface area contributed by atoms with E-state index >= 15 is 0 Å². The van der Waals surface area contributed by atoms with Gasteiger partial charge < -0.3 is 9.84 Å². The van der Waals surface area contributed by atoms with Gasteiger partial charge in [-0.05, 0) is 45.7 Å². The molecule has 0 bridgehead atoms. The minimum Gasteiger partial charge on any atom is -0.504 e. The number of ether oxygens (including phenoxy) is 1. The van der Waals surface area contributed by atoms with E-state index in [-0.39, 0.29) is 33.9 Å². The molecule has 0 spiro atoms. The number of benzene rings is 2. The van der Waals surface area contributed by atoms with Crippen LogP contribution in [-0.4, -0.2) is 22.0 Å². The van der Waals surface area contributed by atoms with Gasteiger partial charge in [0.05, 0.1) is 11.3 Å². The van der Waals surface area contributed by atoms with Crippen molar-refractivity contribution in [1.82, 2.24) is 0 Å². The lowest BCUT2D eigenvalue weighted by Crippen LogP contribution is -2.30. The zero-order valence-corrected chi connectivity index (χ0v) is 16.8. The number of rotatable bonds is 1. The highest BCUT2D eigenvalue weighted by Gasteiger charge is 2.39. The van der Waals surface area contributed by atoms with Crippen molar-refractivity contribution in [2.24, 2.45) is 4.99 Å². The Bertz CT molecular complexity index is 854. The van der Waals surface area contributed by atoms with Gasteiger partial charge in [-0.3, -0.25) is 4.99 Å². The SMILES string of the molecule is Br.CC1(C)Cc2cc(O)c3c(c2C(c2ccccc2)=N1)CC(C)(C)O3. The highest BCUT2D eigenvalue weighted by Crippen LogP contribution is 2.47. The molecule has 2 heterocycles. The molecule has 2 aliphatic heterocycles. The van der Waals surface area contributed by atoms with E-state index in [4.69, 9.17) is 9.73 Å². The van der Waals surface area contributed by atoms with Gasteiger partial charge in [-0.2, -0.15) is 0 Å². The molecule has 2 aromatic carbocycles. The second kappa shape index (κ2) is 5.87. The van der Waals surface area contributed by atoms with Crippen molar-refractivity contribution in [3.05, 3.63) is 58.7 Å². The molecule has 4 heteroatoms. The third-order valence-electron chi connectivity index (χ3n) is 4.74. The highest BCUT2D eigenvalue weighted by molar-refractivity contribution is 8.93. The fourth-order valence-corrected chi connectivity index (χ4v) is 3.89. The number of phenolic OH excluding ortho intramolecular Hbond substituents is 1. The molecule has 0 radical (unpaired) electrons. The molecule has 3 nitrogen and oxygen atoms in total. The molecular weight excluding hydrogens is 378 g/mol. The van der Waals surface area contributed by atoms with Crippen LogP contribution >= 0.6 is 17.0 Å². The number of aliphatic imine (C=N–C) groups is 1. The molecule has 0 atom stereocenters. The van der Waals surface area contributed by atoms with E-state index in [1.807, 2.05) is 24.3 Å². The Morgan fingerprint density at radius 2 is 1.72 bits per heavy atom. The lowest BCUT2D eigenvalue weighted by molar-refractivity contribution is 0.134. The number of phenols is 1. The number of halogens is 1. The molecule has 0 fully saturated rings. The molecule has 2 aliphatic rings. The summed E-state index contributed by atoms with van der Waals surface area (Å²) in [5.74, 6) is 0.876. The quantitative estimate of drug-likeness (QED) is 0.741. The zero-order chi connectivity index (χ0) is 17.1. The van der Waals surface area contributed by atoms with E-state index in [0.29, 0.717) is 5.75 Å². The third kappa shape index (κ3) is 3.08. The summed E-state index contributed by atoms with van der Waals surface area (Å²) < 4.78 is 6.02.